The average Bonchev–Trinajstić information content (AvgIpc) is 2.71. The zero-order valence-electron chi connectivity index (χ0n) is 16.1. The fourth-order valence-corrected chi connectivity index (χ4v) is 3.45. The second-order valence-corrected chi connectivity index (χ2v) is 7.21. The number of anilines is 1. The molecule has 0 spiro atoms. The minimum absolute atomic E-state index is 0.149. The number of nitrogens with one attached hydrogen (secondary N) is 2. The van der Waals surface area contributed by atoms with E-state index in [0.717, 1.165) is 5.56 Å². The number of fused-ring (bicyclic) bond motifs is 1. The quantitative estimate of drug-likeness (QED) is 0.715. The largest absolute Gasteiger partial charge is 0.322 e. The molecule has 0 bridgehead atoms. The number of rotatable bonds is 3. The Labute approximate surface area is 167 Å². The van der Waals surface area contributed by atoms with Crippen molar-refractivity contribution in [2.75, 3.05) is 31.5 Å². The SMILES string of the molecule is Cc1ccc(NC(=O)N2CCN(Cc3nc4ccccc4c(=O)[nH]3)CC2)c(F)c1. The number of urea groups is 1. The van der Waals surface area contributed by atoms with Gasteiger partial charge in [-0.1, -0.05) is 18.2 Å². The predicted octanol–water partition coefficient (Wildman–Crippen LogP) is 2.72. The number of nitrogens with zero attached hydrogens (tertiary/aromatic N) is 3. The van der Waals surface area contributed by atoms with Crippen LogP contribution in [0.2, 0.25) is 0 Å². The maximum atomic E-state index is 13.9. The van der Waals surface area contributed by atoms with Crippen molar-refractivity contribution in [1.29, 1.82) is 0 Å². The Morgan fingerprint density at radius 3 is 2.69 bits per heavy atom. The lowest BCUT2D eigenvalue weighted by atomic mass is 10.2. The van der Waals surface area contributed by atoms with Crippen molar-refractivity contribution in [1.82, 2.24) is 19.8 Å². The number of carbonyl (C=O) groups is 1. The molecule has 3 aromatic rings. The molecule has 1 aliphatic heterocycles. The lowest BCUT2D eigenvalue weighted by molar-refractivity contribution is 0.141. The van der Waals surface area contributed by atoms with E-state index in [1.807, 2.05) is 18.2 Å². The number of aromatic amines is 1. The van der Waals surface area contributed by atoms with Gasteiger partial charge in [-0.3, -0.25) is 9.69 Å². The van der Waals surface area contributed by atoms with Crippen LogP contribution in [0.15, 0.2) is 47.3 Å². The highest BCUT2D eigenvalue weighted by Gasteiger charge is 2.22. The number of para-hydroxylation sites is 1. The van der Waals surface area contributed by atoms with E-state index in [9.17, 15) is 14.0 Å². The molecule has 8 heteroatoms. The molecule has 0 atom stereocenters. The van der Waals surface area contributed by atoms with Gasteiger partial charge in [-0.15, -0.1) is 0 Å². The zero-order chi connectivity index (χ0) is 20.4. The Bertz CT molecular complexity index is 1110. The number of hydrogen-bond acceptors (Lipinski definition) is 4. The summed E-state index contributed by atoms with van der Waals surface area (Å²) in [5, 5.41) is 3.20. The van der Waals surface area contributed by atoms with Gasteiger partial charge in [-0.2, -0.15) is 0 Å². The number of aryl methyl sites for hydroxylation is 1. The summed E-state index contributed by atoms with van der Waals surface area (Å²) in [6.45, 7) is 4.60. The maximum absolute atomic E-state index is 13.9. The van der Waals surface area contributed by atoms with Crippen molar-refractivity contribution in [2.24, 2.45) is 0 Å². The standard InChI is InChI=1S/C21H22FN5O2/c1-14-6-7-18(16(22)12-14)24-21(29)27-10-8-26(9-11-27)13-19-23-17-5-3-2-4-15(17)20(28)25-19/h2-7,12H,8-11,13H2,1H3,(H,24,29)(H,23,25,28). The first kappa shape index (κ1) is 19.1. The van der Waals surface area contributed by atoms with Crippen molar-refractivity contribution in [3.8, 4) is 0 Å². The Balaban J connectivity index is 1.36. The number of H-pyrrole nitrogens is 1. The van der Waals surface area contributed by atoms with Crippen LogP contribution >= 0.6 is 0 Å². The molecule has 2 heterocycles. The summed E-state index contributed by atoms with van der Waals surface area (Å²) in [5.74, 6) is 0.164. The van der Waals surface area contributed by atoms with Gasteiger partial charge in [0.15, 0.2) is 0 Å². The second-order valence-electron chi connectivity index (χ2n) is 7.21. The molecule has 29 heavy (non-hydrogen) atoms. The van der Waals surface area contributed by atoms with Crippen LogP contribution in [-0.4, -0.2) is 52.0 Å². The van der Waals surface area contributed by atoms with Crippen molar-refractivity contribution in [3.63, 3.8) is 0 Å². The van der Waals surface area contributed by atoms with E-state index in [1.165, 1.54) is 6.07 Å². The van der Waals surface area contributed by atoms with E-state index >= 15 is 0 Å². The van der Waals surface area contributed by atoms with E-state index in [2.05, 4.69) is 20.2 Å². The summed E-state index contributed by atoms with van der Waals surface area (Å²) in [4.78, 5) is 35.8. The summed E-state index contributed by atoms with van der Waals surface area (Å²) in [6.07, 6.45) is 0. The van der Waals surface area contributed by atoms with Crippen LogP contribution in [0.5, 0.6) is 0 Å². The number of aromatic nitrogens is 2. The average molecular weight is 395 g/mol. The second kappa shape index (κ2) is 8.00. The number of benzene rings is 2. The van der Waals surface area contributed by atoms with Crippen molar-refractivity contribution < 1.29 is 9.18 Å². The van der Waals surface area contributed by atoms with Gasteiger partial charge in [0, 0.05) is 26.2 Å². The summed E-state index contributed by atoms with van der Waals surface area (Å²) >= 11 is 0. The molecule has 0 aliphatic carbocycles. The third kappa shape index (κ3) is 4.27. The first-order chi connectivity index (χ1) is 14.0. The summed E-state index contributed by atoms with van der Waals surface area (Å²) in [6, 6.07) is 11.6. The Morgan fingerprint density at radius 2 is 1.93 bits per heavy atom. The monoisotopic (exact) mass is 395 g/mol. The van der Waals surface area contributed by atoms with Crippen LogP contribution < -0.4 is 10.9 Å². The van der Waals surface area contributed by atoms with E-state index in [1.54, 1.807) is 30.0 Å². The number of piperazine rings is 1. The van der Waals surface area contributed by atoms with Gasteiger partial charge in [0.1, 0.15) is 11.6 Å². The van der Waals surface area contributed by atoms with E-state index < -0.39 is 5.82 Å². The highest BCUT2D eigenvalue weighted by molar-refractivity contribution is 5.89. The van der Waals surface area contributed by atoms with Crippen LogP contribution in [0.3, 0.4) is 0 Å². The fourth-order valence-electron chi connectivity index (χ4n) is 3.45. The molecule has 2 N–H and O–H groups in total. The molecule has 1 aliphatic rings. The number of carbonyl (C=O) groups excluding carboxylic acids is 1. The van der Waals surface area contributed by atoms with Crippen LogP contribution in [0.25, 0.3) is 10.9 Å². The molecule has 0 radical (unpaired) electrons. The molecule has 1 aromatic heterocycles. The predicted molar refractivity (Wildman–Crippen MR) is 109 cm³/mol. The fraction of sp³-hybridized carbons (Fsp3) is 0.286. The zero-order valence-corrected chi connectivity index (χ0v) is 16.1. The minimum atomic E-state index is -0.441. The topological polar surface area (TPSA) is 81.3 Å². The van der Waals surface area contributed by atoms with Gasteiger partial charge in [-0.25, -0.2) is 14.2 Å². The van der Waals surface area contributed by atoms with Crippen molar-refractivity contribution in [3.05, 3.63) is 70.0 Å². The number of hydrogen-bond donors (Lipinski definition) is 2. The lowest BCUT2D eigenvalue weighted by Gasteiger charge is -2.34. The van der Waals surface area contributed by atoms with Gasteiger partial charge in [-0.05, 0) is 36.8 Å². The van der Waals surface area contributed by atoms with Gasteiger partial charge in [0.2, 0.25) is 0 Å². The maximum Gasteiger partial charge on any atom is 0.322 e. The molecular formula is C21H22FN5O2. The molecular weight excluding hydrogens is 373 g/mol. The molecule has 2 amide bonds. The Morgan fingerprint density at radius 1 is 1.17 bits per heavy atom. The molecule has 4 rings (SSSR count). The first-order valence-corrected chi connectivity index (χ1v) is 9.52. The first-order valence-electron chi connectivity index (χ1n) is 9.52. The van der Waals surface area contributed by atoms with Crippen LogP contribution in [0, 0.1) is 12.7 Å². The van der Waals surface area contributed by atoms with Gasteiger partial charge in [0.05, 0.1) is 23.1 Å². The van der Waals surface area contributed by atoms with Crippen LogP contribution in [-0.2, 0) is 6.54 Å². The smallest absolute Gasteiger partial charge is 0.322 e. The van der Waals surface area contributed by atoms with Crippen molar-refractivity contribution in [2.45, 2.75) is 13.5 Å². The molecule has 150 valence electrons. The van der Waals surface area contributed by atoms with Gasteiger partial charge < -0.3 is 15.2 Å². The third-order valence-electron chi connectivity index (χ3n) is 5.06. The summed E-state index contributed by atoms with van der Waals surface area (Å²) in [7, 11) is 0. The number of amides is 2. The van der Waals surface area contributed by atoms with Crippen molar-refractivity contribution >= 4 is 22.6 Å². The Hall–Kier alpha value is -3.26. The van der Waals surface area contributed by atoms with E-state index in [4.69, 9.17) is 0 Å². The van der Waals surface area contributed by atoms with Gasteiger partial charge >= 0.3 is 6.03 Å². The Kier molecular flexibility index (Phi) is 5.26. The minimum Gasteiger partial charge on any atom is -0.322 e. The molecule has 2 aromatic carbocycles. The summed E-state index contributed by atoms with van der Waals surface area (Å²) < 4.78 is 13.9. The van der Waals surface area contributed by atoms with Crippen LogP contribution in [0.1, 0.15) is 11.4 Å². The third-order valence-corrected chi connectivity index (χ3v) is 5.06. The van der Waals surface area contributed by atoms with E-state index in [-0.39, 0.29) is 17.3 Å². The molecule has 7 nitrogen and oxygen atoms in total. The number of halogens is 1. The lowest BCUT2D eigenvalue weighted by Crippen LogP contribution is -2.49. The van der Waals surface area contributed by atoms with Crippen LogP contribution in [0.4, 0.5) is 14.9 Å². The molecule has 1 saturated heterocycles. The normalized spacial score (nSPS) is 14.9. The molecule has 0 saturated carbocycles. The highest BCUT2D eigenvalue weighted by atomic mass is 19.1. The highest BCUT2D eigenvalue weighted by Crippen LogP contribution is 2.16. The molecule has 1 fully saturated rings. The molecule has 0 unspecified atom stereocenters. The van der Waals surface area contributed by atoms with E-state index in [0.29, 0.717) is 49.5 Å². The summed E-state index contributed by atoms with van der Waals surface area (Å²) in [5.41, 5.74) is 1.50. The van der Waals surface area contributed by atoms with Gasteiger partial charge in [0.25, 0.3) is 5.56 Å².